The number of unbranched alkanes of at least 4 members (excludes halogenated alkanes) is 1. The smallest absolute Gasteiger partial charge is 0.326 e. The molecule has 1 aromatic carbocycles. The molecular weight excluding hydrogens is 1250 g/mol. The molecule has 5 unspecified atom stereocenters. The van der Waals surface area contributed by atoms with Gasteiger partial charge in [-0.1, -0.05) is 20.8 Å². The topological polar surface area (TPSA) is 519 Å². The summed E-state index contributed by atoms with van der Waals surface area (Å²) in [7, 11) is 0. The van der Waals surface area contributed by atoms with Crippen LogP contribution in [0.1, 0.15) is 168 Å². The minimum atomic E-state index is -1.79. The number of Topliss-reactive ketones (excluding diaryl/α,β-unsaturated/α-hetero) is 2. The van der Waals surface area contributed by atoms with Crippen LogP contribution < -0.4 is 59.5 Å². The van der Waals surface area contributed by atoms with Gasteiger partial charge in [-0.05, 0) is 146 Å². The zero-order valence-electron chi connectivity index (χ0n) is 55.3. The minimum absolute atomic E-state index is 0.00620. The number of hydrogen-bond acceptors (Lipinski definition) is 20. The molecule has 8 amide bonds. The quantitative estimate of drug-likeness (QED) is 0.0140. The van der Waals surface area contributed by atoms with Crippen LogP contribution in [-0.4, -0.2) is 190 Å². The van der Waals surface area contributed by atoms with E-state index in [9.17, 15) is 82.4 Å². The fraction of sp³-hybridized carbons (Fsp3) is 0.651. The number of nitrogen functional groups attached to an aromatic ring is 1. The number of anilines is 1. The first-order valence-corrected chi connectivity index (χ1v) is 31.6. The summed E-state index contributed by atoms with van der Waals surface area (Å²) < 4.78 is 11.1. The van der Waals surface area contributed by atoms with E-state index < -0.39 is 168 Å². The lowest BCUT2D eigenvalue weighted by Gasteiger charge is -2.31. The number of nitrogens with two attached hydrogens (primary N) is 2. The van der Waals surface area contributed by atoms with Gasteiger partial charge in [0.1, 0.15) is 24.4 Å². The van der Waals surface area contributed by atoms with Gasteiger partial charge in [0.05, 0.1) is 43.0 Å². The van der Waals surface area contributed by atoms with Gasteiger partial charge in [0.2, 0.25) is 35.4 Å². The molecule has 1 aliphatic rings. The Morgan fingerprint density at radius 2 is 1.26 bits per heavy atom. The van der Waals surface area contributed by atoms with Crippen molar-refractivity contribution in [3.63, 3.8) is 0 Å². The lowest BCUT2D eigenvalue weighted by molar-refractivity contribution is -0.143. The highest BCUT2D eigenvalue weighted by atomic mass is 16.5. The molecule has 1 aromatic rings. The summed E-state index contributed by atoms with van der Waals surface area (Å²) in [6.07, 6.45) is 0.309. The highest BCUT2D eigenvalue weighted by molar-refractivity contribution is 6.02. The van der Waals surface area contributed by atoms with Crippen LogP contribution in [-0.2, 0) is 71.8 Å². The predicted octanol–water partition coefficient (Wildman–Crippen LogP) is 0.715. The van der Waals surface area contributed by atoms with Gasteiger partial charge in [0, 0.05) is 75.3 Å². The number of carbonyl (C=O) groups is 14. The van der Waals surface area contributed by atoms with Crippen molar-refractivity contribution < 1.29 is 102 Å². The molecule has 0 aliphatic heterocycles. The van der Waals surface area contributed by atoms with Crippen molar-refractivity contribution in [2.45, 2.75) is 193 Å². The molecule has 0 radical (unpaired) electrons. The van der Waals surface area contributed by atoms with Crippen molar-refractivity contribution in [1.82, 2.24) is 48.0 Å². The molecule has 0 heterocycles. The third kappa shape index (κ3) is 33.5. The second kappa shape index (κ2) is 41.4. The standard InChI is InChI=1S/C63H99N11O21/c1-37(32-53(83)84)33-61(2,3)34-50(78)67-35-38-11-13-40(14-12-38)57(88)72-46(60(91)92)20-23-48(76)69-44(19-24-49(77)74-93)58(89)71-45(22-26-52(81)82)59(90)70-42(21-25-51(79)80)54(85)63(6,7)68-28-29-94-30-31-95-36-47(75)62(4,5)73-43(55(65)86)10-8-9-27-66-56(87)39-15-17-41(64)18-16-39/h15-19,37-38,40,42-43,45-46,68,73,93H,8-14,20-36,64H2,1-7H3,(H2,65,86)(H,66,87)(H,67,78)(H,69,76)(H,70,90)(H,71,89)(H,72,88)(H,74,77)(H,79,80)(H,81,82)(H,83,84)(H,91,92)/b44-19+. The first-order chi connectivity index (χ1) is 44.4. The van der Waals surface area contributed by atoms with Crippen LogP contribution in [0.15, 0.2) is 36.0 Å². The Labute approximate surface area is 552 Å². The average molecular weight is 1350 g/mol. The third-order valence-electron chi connectivity index (χ3n) is 15.8. The Morgan fingerprint density at radius 3 is 1.85 bits per heavy atom. The summed E-state index contributed by atoms with van der Waals surface area (Å²) in [6, 6.07) is 0.633. The largest absolute Gasteiger partial charge is 0.481 e. The molecule has 1 aliphatic carbocycles. The number of ether oxygens (including phenoxy) is 2. The van der Waals surface area contributed by atoms with Crippen molar-refractivity contribution in [3.8, 4) is 0 Å². The van der Waals surface area contributed by atoms with Gasteiger partial charge in [-0.15, -0.1) is 0 Å². The molecule has 532 valence electrons. The number of aliphatic carboxylic acids is 4. The second-order valence-electron chi connectivity index (χ2n) is 25.7. The maximum absolute atomic E-state index is 14.1. The number of carboxylic acids is 4. The summed E-state index contributed by atoms with van der Waals surface area (Å²) in [5.41, 5.74) is 9.73. The number of hydrogen-bond donors (Lipinski definition) is 16. The van der Waals surface area contributed by atoms with Crippen LogP contribution in [0.4, 0.5) is 5.69 Å². The first-order valence-electron chi connectivity index (χ1n) is 31.6. The van der Waals surface area contributed by atoms with Gasteiger partial charge < -0.3 is 78.6 Å². The molecule has 1 saturated carbocycles. The van der Waals surface area contributed by atoms with Crippen molar-refractivity contribution >= 4 is 88.4 Å². The van der Waals surface area contributed by atoms with Crippen molar-refractivity contribution in [2.24, 2.45) is 28.9 Å². The first kappa shape index (κ1) is 82.6. The molecule has 0 saturated heterocycles. The highest BCUT2D eigenvalue weighted by Crippen LogP contribution is 2.32. The molecule has 18 N–H and O–H groups in total. The molecular formula is C63H99N11O21. The number of benzene rings is 1. The zero-order chi connectivity index (χ0) is 71.6. The van der Waals surface area contributed by atoms with Gasteiger partial charge in [0.15, 0.2) is 11.6 Å². The van der Waals surface area contributed by atoms with Crippen LogP contribution in [0.25, 0.3) is 0 Å². The van der Waals surface area contributed by atoms with Gasteiger partial charge in [-0.25, -0.2) is 10.3 Å². The van der Waals surface area contributed by atoms with Gasteiger partial charge >= 0.3 is 23.9 Å². The summed E-state index contributed by atoms with van der Waals surface area (Å²) >= 11 is 0. The van der Waals surface area contributed by atoms with E-state index in [4.69, 9.17) is 31.3 Å². The Bertz CT molecular complexity index is 2840. The maximum Gasteiger partial charge on any atom is 0.326 e. The van der Waals surface area contributed by atoms with Gasteiger partial charge in [-0.2, -0.15) is 0 Å². The zero-order valence-corrected chi connectivity index (χ0v) is 55.3. The summed E-state index contributed by atoms with van der Waals surface area (Å²) in [6.45, 7) is 11.9. The number of hydroxylamine groups is 1. The normalized spacial score (nSPS) is 15.9. The number of ketones is 2. The summed E-state index contributed by atoms with van der Waals surface area (Å²) in [5, 5.41) is 68.3. The maximum atomic E-state index is 14.1. The molecule has 5 atom stereocenters. The van der Waals surface area contributed by atoms with Crippen molar-refractivity contribution in [2.75, 3.05) is 51.8 Å². The molecule has 2 rings (SSSR count). The van der Waals surface area contributed by atoms with Crippen LogP contribution in [0.3, 0.4) is 0 Å². The Hall–Kier alpha value is -8.46. The van der Waals surface area contributed by atoms with E-state index in [-0.39, 0.29) is 75.9 Å². The van der Waals surface area contributed by atoms with Crippen LogP contribution >= 0.6 is 0 Å². The number of carboxylic acid groups (broad SMARTS) is 4. The lowest BCUT2D eigenvalue weighted by Crippen LogP contribution is -2.59. The number of nitrogens with one attached hydrogen (secondary N) is 9. The molecule has 0 spiro atoms. The average Bonchev–Trinajstić information content (AvgIpc) is 2.80. The number of carbonyl (C=O) groups excluding carboxylic acids is 10. The van der Waals surface area contributed by atoms with E-state index in [0.29, 0.717) is 69.3 Å². The summed E-state index contributed by atoms with van der Waals surface area (Å²) in [5.74, 6) is -13.2. The predicted molar refractivity (Wildman–Crippen MR) is 341 cm³/mol. The fourth-order valence-corrected chi connectivity index (χ4v) is 10.6. The van der Waals surface area contributed by atoms with E-state index in [0.717, 1.165) is 6.08 Å². The number of primary amides is 1. The van der Waals surface area contributed by atoms with E-state index in [1.54, 1.807) is 38.1 Å². The summed E-state index contributed by atoms with van der Waals surface area (Å²) in [4.78, 5) is 178. The molecule has 32 heteroatoms. The van der Waals surface area contributed by atoms with Gasteiger partial charge in [-0.3, -0.25) is 72.9 Å². The second-order valence-corrected chi connectivity index (χ2v) is 25.7. The van der Waals surface area contributed by atoms with Crippen LogP contribution in [0, 0.1) is 23.2 Å². The van der Waals surface area contributed by atoms with Crippen molar-refractivity contribution in [3.05, 3.63) is 41.6 Å². The molecule has 1 fully saturated rings. The number of rotatable bonds is 48. The van der Waals surface area contributed by atoms with E-state index >= 15 is 0 Å². The SMILES string of the molecule is CC(CC(=O)O)CC(C)(C)CC(=O)NCC1CCC(C(=O)NC(CCC(=O)N/C(=C/CC(=O)NO)C(=O)NC(CCC(=O)O)C(=O)NC(CCC(=O)O)C(=O)C(C)(C)NCCOCCOCC(=O)C(C)(C)NC(CCCCNC(=O)c2ccc(N)cc2)C(N)=O)C(=O)O)CC1. The van der Waals surface area contributed by atoms with E-state index in [1.165, 1.54) is 19.3 Å². The van der Waals surface area contributed by atoms with E-state index in [1.807, 2.05) is 20.8 Å². The Morgan fingerprint density at radius 1 is 0.653 bits per heavy atom. The third-order valence-corrected chi connectivity index (χ3v) is 15.8. The van der Waals surface area contributed by atoms with E-state index in [2.05, 4.69) is 42.5 Å². The Kier molecular flexibility index (Phi) is 36.0. The van der Waals surface area contributed by atoms with Gasteiger partial charge in [0.25, 0.3) is 11.8 Å². The van der Waals surface area contributed by atoms with Crippen LogP contribution in [0.5, 0.6) is 0 Å². The molecule has 0 aromatic heterocycles. The minimum Gasteiger partial charge on any atom is -0.481 e. The molecule has 0 bridgehead atoms. The molecule has 95 heavy (non-hydrogen) atoms. The molecule has 32 nitrogen and oxygen atoms in total. The van der Waals surface area contributed by atoms with Crippen LogP contribution in [0.2, 0.25) is 0 Å². The number of amides is 8. The van der Waals surface area contributed by atoms with Crippen molar-refractivity contribution in [1.29, 1.82) is 0 Å². The fourth-order valence-electron chi connectivity index (χ4n) is 10.6. The highest BCUT2D eigenvalue weighted by Gasteiger charge is 2.38. The Balaban J connectivity index is 2.00. The lowest BCUT2D eigenvalue weighted by atomic mass is 9.79. The monoisotopic (exact) mass is 1350 g/mol.